The van der Waals surface area contributed by atoms with E-state index in [4.69, 9.17) is 11.2 Å². The van der Waals surface area contributed by atoms with E-state index in [1.165, 1.54) is 6.07 Å². The predicted molar refractivity (Wildman–Crippen MR) is 61.4 cm³/mol. The molecule has 0 amide bonds. The fourth-order valence-electron chi connectivity index (χ4n) is 1.58. The molecule has 0 unspecified atom stereocenters. The Bertz CT molecular complexity index is 590. The summed E-state index contributed by atoms with van der Waals surface area (Å²) in [5.74, 6) is 4.96. The van der Waals surface area contributed by atoms with Gasteiger partial charge in [-0.05, 0) is 23.8 Å². The maximum atomic E-state index is 13.6. The highest BCUT2D eigenvalue weighted by atomic mass is 19.1. The lowest BCUT2D eigenvalue weighted by Crippen LogP contribution is -2.03. The Morgan fingerprint density at radius 1 is 1.18 bits per heavy atom. The molecular formula is C13H9FN2O. The second-order valence-electron chi connectivity index (χ2n) is 3.42. The molecule has 2 rings (SSSR count). The third-order valence-electron chi connectivity index (χ3n) is 2.41. The number of nitrogens with two attached hydrogens (primary N) is 1. The third kappa shape index (κ3) is 2.10. The number of hydrogen-bond donors (Lipinski definition) is 1. The average Bonchev–Trinajstić information content (AvgIpc) is 2.38. The van der Waals surface area contributed by atoms with Crippen LogP contribution < -0.4 is 10.7 Å². The Morgan fingerprint density at radius 2 is 1.94 bits per heavy atom. The molecule has 0 aliphatic heterocycles. The van der Waals surface area contributed by atoms with E-state index in [0.717, 1.165) is 0 Å². The van der Waals surface area contributed by atoms with Crippen molar-refractivity contribution in [1.29, 1.82) is 5.26 Å². The van der Waals surface area contributed by atoms with E-state index in [0.29, 0.717) is 11.1 Å². The van der Waals surface area contributed by atoms with Crippen LogP contribution in [0.1, 0.15) is 5.56 Å². The molecule has 4 heteroatoms. The number of rotatable bonds is 2. The van der Waals surface area contributed by atoms with E-state index in [1.807, 2.05) is 6.07 Å². The quantitative estimate of drug-likeness (QED) is 0.804. The average molecular weight is 228 g/mol. The van der Waals surface area contributed by atoms with Crippen LogP contribution in [0, 0.1) is 17.1 Å². The SMILES string of the molecule is N#Cc1cc(-c2ccccc2F)ccc1ON. The van der Waals surface area contributed by atoms with Crippen LogP contribution in [0.2, 0.25) is 0 Å². The molecule has 0 fully saturated rings. The van der Waals surface area contributed by atoms with Gasteiger partial charge >= 0.3 is 0 Å². The van der Waals surface area contributed by atoms with Crippen molar-refractivity contribution in [2.75, 3.05) is 0 Å². The van der Waals surface area contributed by atoms with Gasteiger partial charge in [-0.25, -0.2) is 4.39 Å². The maximum absolute atomic E-state index is 13.6. The normalized spacial score (nSPS) is 9.71. The Morgan fingerprint density at radius 3 is 2.59 bits per heavy atom. The van der Waals surface area contributed by atoms with Crippen molar-refractivity contribution in [3.63, 3.8) is 0 Å². The van der Waals surface area contributed by atoms with Crippen LogP contribution in [-0.2, 0) is 0 Å². The first-order chi connectivity index (χ1) is 8.26. The van der Waals surface area contributed by atoms with Crippen molar-refractivity contribution >= 4 is 0 Å². The lowest BCUT2D eigenvalue weighted by molar-refractivity contribution is 0.333. The summed E-state index contributed by atoms with van der Waals surface area (Å²) in [6, 6.07) is 13.1. The molecule has 0 bridgehead atoms. The van der Waals surface area contributed by atoms with E-state index in [9.17, 15) is 4.39 Å². The number of benzene rings is 2. The van der Waals surface area contributed by atoms with Crippen molar-refractivity contribution in [1.82, 2.24) is 0 Å². The van der Waals surface area contributed by atoms with Crippen LogP contribution in [0.3, 0.4) is 0 Å². The largest absolute Gasteiger partial charge is 0.410 e. The Balaban J connectivity index is 2.55. The molecule has 0 aliphatic rings. The van der Waals surface area contributed by atoms with Crippen LogP contribution in [0.5, 0.6) is 5.75 Å². The van der Waals surface area contributed by atoms with Gasteiger partial charge in [-0.15, -0.1) is 0 Å². The van der Waals surface area contributed by atoms with E-state index < -0.39 is 0 Å². The van der Waals surface area contributed by atoms with Crippen LogP contribution in [-0.4, -0.2) is 0 Å². The first-order valence-corrected chi connectivity index (χ1v) is 4.92. The highest BCUT2D eigenvalue weighted by Crippen LogP contribution is 2.27. The molecule has 3 nitrogen and oxygen atoms in total. The summed E-state index contributed by atoms with van der Waals surface area (Å²) >= 11 is 0. The topological polar surface area (TPSA) is 59.0 Å². The second kappa shape index (κ2) is 4.64. The molecule has 0 heterocycles. The number of nitrogens with zero attached hydrogens (tertiary/aromatic N) is 1. The highest BCUT2D eigenvalue weighted by Gasteiger charge is 2.08. The van der Waals surface area contributed by atoms with E-state index >= 15 is 0 Å². The maximum Gasteiger partial charge on any atom is 0.164 e. The van der Waals surface area contributed by atoms with Crippen molar-refractivity contribution in [3.05, 3.63) is 53.8 Å². The van der Waals surface area contributed by atoms with Crippen LogP contribution in [0.25, 0.3) is 11.1 Å². The Hall–Kier alpha value is -2.38. The molecule has 84 valence electrons. The van der Waals surface area contributed by atoms with Gasteiger partial charge in [-0.3, -0.25) is 0 Å². The first-order valence-electron chi connectivity index (χ1n) is 4.92. The summed E-state index contributed by atoms with van der Waals surface area (Å²) < 4.78 is 13.6. The van der Waals surface area contributed by atoms with Crippen molar-refractivity contribution in [2.45, 2.75) is 0 Å². The smallest absolute Gasteiger partial charge is 0.164 e. The van der Waals surface area contributed by atoms with Crippen LogP contribution >= 0.6 is 0 Å². The molecule has 0 atom stereocenters. The van der Waals surface area contributed by atoms with Gasteiger partial charge in [0.1, 0.15) is 11.9 Å². The minimum Gasteiger partial charge on any atom is -0.410 e. The monoisotopic (exact) mass is 228 g/mol. The minimum absolute atomic E-state index is 0.271. The summed E-state index contributed by atoms with van der Waals surface area (Å²) in [6.07, 6.45) is 0. The first kappa shape index (κ1) is 11.1. The summed E-state index contributed by atoms with van der Waals surface area (Å²) in [4.78, 5) is 4.54. The lowest BCUT2D eigenvalue weighted by Gasteiger charge is -2.06. The third-order valence-corrected chi connectivity index (χ3v) is 2.41. The number of nitriles is 1. The summed E-state index contributed by atoms with van der Waals surface area (Å²) in [5.41, 5.74) is 1.32. The summed E-state index contributed by atoms with van der Waals surface area (Å²) in [6.45, 7) is 0. The fourth-order valence-corrected chi connectivity index (χ4v) is 1.58. The molecule has 2 aromatic rings. The summed E-state index contributed by atoms with van der Waals surface area (Å²) in [5, 5.41) is 8.91. The van der Waals surface area contributed by atoms with Crippen LogP contribution in [0.15, 0.2) is 42.5 Å². The molecule has 0 spiro atoms. The Labute approximate surface area is 97.8 Å². The second-order valence-corrected chi connectivity index (χ2v) is 3.42. The van der Waals surface area contributed by atoms with Gasteiger partial charge in [0.2, 0.25) is 0 Å². The van der Waals surface area contributed by atoms with Gasteiger partial charge < -0.3 is 4.84 Å². The highest BCUT2D eigenvalue weighted by molar-refractivity contribution is 5.67. The molecular weight excluding hydrogens is 219 g/mol. The Kier molecular flexibility index (Phi) is 3.03. The van der Waals surface area contributed by atoms with Gasteiger partial charge in [0.05, 0.1) is 5.56 Å². The van der Waals surface area contributed by atoms with Crippen molar-refractivity contribution in [2.24, 2.45) is 5.90 Å². The van der Waals surface area contributed by atoms with E-state index in [2.05, 4.69) is 4.84 Å². The zero-order chi connectivity index (χ0) is 12.3. The zero-order valence-electron chi connectivity index (χ0n) is 8.85. The van der Waals surface area contributed by atoms with Crippen LogP contribution in [0.4, 0.5) is 4.39 Å². The standard InChI is InChI=1S/C13H9FN2O/c14-12-4-2-1-3-11(12)9-5-6-13(17-16)10(7-9)8-15/h1-7H,16H2. The molecule has 0 aromatic heterocycles. The van der Waals surface area contributed by atoms with Crippen molar-refractivity contribution in [3.8, 4) is 22.9 Å². The molecule has 0 aliphatic carbocycles. The van der Waals surface area contributed by atoms with Gasteiger partial charge in [-0.2, -0.15) is 11.2 Å². The molecule has 0 saturated carbocycles. The number of hydrogen-bond acceptors (Lipinski definition) is 3. The summed E-state index contributed by atoms with van der Waals surface area (Å²) in [7, 11) is 0. The fraction of sp³-hybridized carbons (Fsp3) is 0. The molecule has 2 N–H and O–H groups in total. The van der Waals surface area contributed by atoms with E-state index in [-0.39, 0.29) is 17.1 Å². The predicted octanol–water partition coefficient (Wildman–Crippen LogP) is 2.62. The molecule has 0 radical (unpaired) electrons. The van der Waals surface area contributed by atoms with Crippen molar-refractivity contribution < 1.29 is 9.23 Å². The molecule has 17 heavy (non-hydrogen) atoms. The minimum atomic E-state index is -0.335. The molecule has 0 saturated heterocycles. The van der Waals surface area contributed by atoms with Gasteiger partial charge in [0, 0.05) is 5.56 Å². The number of halogens is 1. The van der Waals surface area contributed by atoms with E-state index in [1.54, 1.807) is 36.4 Å². The zero-order valence-corrected chi connectivity index (χ0v) is 8.85. The lowest BCUT2D eigenvalue weighted by atomic mass is 10.0. The van der Waals surface area contributed by atoms with Gasteiger partial charge in [-0.1, -0.05) is 24.3 Å². The molecule has 2 aromatic carbocycles. The van der Waals surface area contributed by atoms with Gasteiger partial charge in [0.25, 0.3) is 0 Å². The van der Waals surface area contributed by atoms with Gasteiger partial charge in [0.15, 0.2) is 5.75 Å².